The van der Waals surface area contributed by atoms with E-state index in [1.165, 1.54) is 24.3 Å². The minimum Gasteiger partial charge on any atom is -0.322 e. The lowest BCUT2D eigenvalue weighted by atomic mass is 10.1. The lowest BCUT2D eigenvalue weighted by molar-refractivity contribution is -0.136. The maximum Gasteiger partial charge on any atom is 0.418 e. The molecule has 4 rings (SSSR count). The molecule has 0 bridgehead atoms. The fourth-order valence-electron chi connectivity index (χ4n) is 3.46. The Bertz CT molecular complexity index is 1400. The third-order valence-electron chi connectivity index (χ3n) is 5.03. The Kier molecular flexibility index (Phi) is 6.02. The van der Waals surface area contributed by atoms with E-state index < -0.39 is 35.1 Å². The summed E-state index contributed by atoms with van der Waals surface area (Å²) in [6, 6.07) is 15.9. The molecule has 0 fully saturated rings. The molecule has 5 nitrogen and oxygen atoms in total. The summed E-state index contributed by atoms with van der Waals surface area (Å²) in [5, 5.41) is 5.18. The number of carbonyl (C=O) groups is 2. The molecule has 1 heterocycles. The summed E-state index contributed by atoms with van der Waals surface area (Å²) in [6.07, 6.45) is -4.81. The molecule has 0 aliphatic carbocycles. The van der Waals surface area contributed by atoms with Gasteiger partial charge in [0, 0.05) is 22.3 Å². The Morgan fingerprint density at radius 3 is 2.26 bits per heavy atom. The Morgan fingerprint density at radius 2 is 1.56 bits per heavy atom. The van der Waals surface area contributed by atoms with Gasteiger partial charge in [-0.3, -0.25) is 14.6 Å². The first-order valence-corrected chi connectivity index (χ1v) is 10.1. The Balaban J connectivity index is 1.64. The number of aromatic nitrogens is 1. The van der Waals surface area contributed by atoms with E-state index in [-0.39, 0.29) is 16.8 Å². The van der Waals surface area contributed by atoms with Crippen LogP contribution < -0.4 is 10.6 Å². The summed E-state index contributed by atoms with van der Waals surface area (Å²) in [5.41, 5.74) is -0.382. The van der Waals surface area contributed by atoms with Crippen molar-refractivity contribution >= 4 is 34.1 Å². The van der Waals surface area contributed by atoms with Crippen LogP contribution in [-0.4, -0.2) is 16.8 Å². The predicted octanol–water partition coefficient (Wildman–Crippen LogP) is 6.21. The summed E-state index contributed by atoms with van der Waals surface area (Å²) in [4.78, 5) is 29.6. The number of pyridine rings is 1. The standard InChI is InChI=1S/C25H17F4N3O2/c1-14-12-19(18-4-2-3-5-21(18)30-14)24(34)32-22-11-10-17(13-20(22)25(27,28)29)31-23(33)15-6-8-16(26)9-7-15/h2-13H,1H3,(H,31,33)(H,32,34). The first-order chi connectivity index (χ1) is 16.1. The van der Waals surface area contributed by atoms with Crippen molar-refractivity contribution in [3.63, 3.8) is 0 Å². The van der Waals surface area contributed by atoms with Crippen LogP contribution in [0.15, 0.2) is 72.8 Å². The molecule has 2 amide bonds. The van der Waals surface area contributed by atoms with Crippen LogP contribution in [0.25, 0.3) is 10.9 Å². The van der Waals surface area contributed by atoms with Gasteiger partial charge in [0.15, 0.2) is 0 Å². The lowest BCUT2D eigenvalue weighted by Crippen LogP contribution is -2.18. The summed E-state index contributed by atoms with van der Waals surface area (Å²) in [5.74, 6) is -1.98. The van der Waals surface area contributed by atoms with Crippen LogP contribution in [0.3, 0.4) is 0 Å². The Morgan fingerprint density at radius 1 is 0.853 bits per heavy atom. The van der Waals surface area contributed by atoms with Crippen LogP contribution >= 0.6 is 0 Å². The van der Waals surface area contributed by atoms with Crippen LogP contribution in [-0.2, 0) is 6.18 Å². The van der Waals surface area contributed by atoms with Gasteiger partial charge in [-0.25, -0.2) is 4.39 Å². The summed E-state index contributed by atoms with van der Waals surface area (Å²) >= 11 is 0. The number of aryl methyl sites for hydroxylation is 1. The highest BCUT2D eigenvalue weighted by molar-refractivity contribution is 6.13. The highest BCUT2D eigenvalue weighted by atomic mass is 19.4. The van der Waals surface area contributed by atoms with E-state index in [4.69, 9.17) is 0 Å². The summed E-state index contributed by atoms with van der Waals surface area (Å²) in [7, 11) is 0. The smallest absolute Gasteiger partial charge is 0.322 e. The fraction of sp³-hybridized carbons (Fsp3) is 0.0800. The number of hydrogen-bond acceptors (Lipinski definition) is 3. The Hall–Kier alpha value is -4.27. The summed E-state index contributed by atoms with van der Waals surface area (Å²) < 4.78 is 54.4. The second-order valence-electron chi connectivity index (χ2n) is 7.50. The number of benzene rings is 3. The molecule has 0 aliphatic rings. The van der Waals surface area contributed by atoms with Crippen LogP contribution in [0.5, 0.6) is 0 Å². The van der Waals surface area contributed by atoms with Crippen LogP contribution in [0.2, 0.25) is 0 Å². The molecule has 0 aliphatic heterocycles. The number of amides is 2. The van der Waals surface area contributed by atoms with E-state index in [0.717, 1.165) is 24.3 Å². The number of para-hydroxylation sites is 1. The van der Waals surface area contributed by atoms with E-state index in [9.17, 15) is 27.2 Å². The van der Waals surface area contributed by atoms with Crippen molar-refractivity contribution in [3.05, 3.63) is 101 Å². The number of hydrogen-bond donors (Lipinski definition) is 2. The van der Waals surface area contributed by atoms with Gasteiger partial charge in [0.25, 0.3) is 11.8 Å². The molecule has 34 heavy (non-hydrogen) atoms. The topological polar surface area (TPSA) is 71.1 Å². The number of carbonyl (C=O) groups excluding carboxylic acids is 2. The van der Waals surface area contributed by atoms with Gasteiger partial charge in [0.1, 0.15) is 5.82 Å². The van der Waals surface area contributed by atoms with E-state index in [1.807, 2.05) is 0 Å². The average Bonchev–Trinajstić information content (AvgIpc) is 2.79. The molecule has 0 saturated carbocycles. The summed E-state index contributed by atoms with van der Waals surface area (Å²) in [6.45, 7) is 1.68. The van der Waals surface area contributed by atoms with E-state index in [1.54, 1.807) is 31.2 Å². The molecular formula is C25H17F4N3O2. The van der Waals surface area contributed by atoms with Gasteiger partial charge in [0.2, 0.25) is 0 Å². The number of alkyl halides is 3. The zero-order chi connectivity index (χ0) is 24.5. The van der Waals surface area contributed by atoms with E-state index >= 15 is 0 Å². The third kappa shape index (κ3) is 4.88. The van der Waals surface area contributed by atoms with Crippen LogP contribution in [0.4, 0.5) is 28.9 Å². The molecule has 0 atom stereocenters. The van der Waals surface area contributed by atoms with Gasteiger partial charge >= 0.3 is 6.18 Å². The monoisotopic (exact) mass is 467 g/mol. The van der Waals surface area contributed by atoms with E-state index in [2.05, 4.69) is 15.6 Å². The Labute approximate surface area is 191 Å². The minimum absolute atomic E-state index is 0.0762. The number of halogens is 4. The van der Waals surface area contributed by atoms with E-state index in [0.29, 0.717) is 16.6 Å². The normalized spacial score (nSPS) is 11.3. The second-order valence-corrected chi connectivity index (χ2v) is 7.50. The molecular weight excluding hydrogens is 450 g/mol. The van der Waals surface area contributed by atoms with Gasteiger partial charge in [-0.05, 0) is 61.5 Å². The average molecular weight is 467 g/mol. The molecule has 172 valence electrons. The van der Waals surface area contributed by atoms with Crippen molar-refractivity contribution in [2.45, 2.75) is 13.1 Å². The van der Waals surface area contributed by atoms with Gasteiger partial charge in [-0.15, -0.1) is 0 Å². The predicted molar refractivity (Wildman–Crippen MR) is 120 cm³/mol. The number of anilines is 2. The van der Waals surface area contributed by atoms with Gasteiger partial charge in [0.05, 0.1) is 22.3 Å². The molecule has 4 aromatic rings. The van der Waals surface area contributed by atoms with Crippen molar-refractivity contribution in [3.8, 4) is 0 Å². The number of nitrogens with one attached hydrogen (secondary N) is 2. The fourth-order valence-corrected chi connectivity index (χ4v) is 3.46. The molecule has 1 aromatic heterocycles. The molecule has 2 N–H and O–H groups in total. The maximum absolute atomic E-state index is 13.8. The molecule has 0 spiro atoms. The van der Waals surface area contributed by atoms with Gasteiger partial charge in [-0.2, -0.15) is 13.2 Å². The molecule has 3 aromatic carbocycles. The second kappa shape index (κ2) is 8.93. The van der Waals surface area contributed by atoms with Gasteiger partial charge in [-0.1, -0.05) is 18.2 Å². The zero-order valence-electron chi connectivity index (χ0n) is 17.7. The SMILES string of the molecule is Cc1cc(C(=O)Nc2ccc(NC(=O)c3ccc(F)cc3)cc2C(F)(F)F)c2ccccc2n1. The highest BCUT2D eigenvalue weighted by Gasteiger charge is 2.34. The largest absolute Gasteiger partial charge is 0.418 e. The molecule has 0 unspecified atom stereocenters. The molecule has 0 saturated heterocycles. The van der Waals surface area contributed by atoms with Crippen molar-refractivity contribution in [2.75, 3.05) is 10.6 Å². The lowest BCUT2D eigenvalue weighted by Gasteiger charge is -2.16. The van der Waals surface area contributed by atoms with Crippen molar-refractivity contribution in [2.24, 2.45) is 0 Å². The number of fused-ring (bicyclic) bond motifs is 1. The van der Waals surface area contributed by atoms with Crippen LogP contribution in [0.1, 0.15) is 32.0 Å². The third-order valence-corrected chi connectivity index (χ3v) is 5.03. The highest BCUT2D eigenvalue weighted by Crippen LogP contribution is 2.37. The number of rotatable bonds is 4. The van der Waals surface area contributed by atoms with Crippen molar-refractivity contribution in [1.82, 2.24) is 4.98 Å². The first-order valence-electron chi connectivity index (χ1n) is 10.1. The number of nitrogens with zero attached hydrogens (tertiary/aromatic N) is 1. The maximum atomic E-state index is 13.8. The van der Waals surface area contributed by atoms with Gasteiger partial charge < -0.3 is 10.6 Å². The molecule has 0 radical (unpaired) electrons. The first kappa shape index (κ1) is 22.9. The minimum atomic E-state index is -4.81. The van der Waals surface area contributed by atoms with Crippen LogP contribution in [0, 0.1) is 12.7 Å². The van der Waals surface area contributed by atoms with Crippen molar-refractivity contribution in [1.29, 1.82) is 0 Å². The van der Waals surface area contributed by atoms with Crippen molar-refractivity contribution < 1.29 is 27.2 Å². The zero-order valence-corrected chi connectivity index (χ0v) is 17.7. The molecule has 9 heteroatoms. The quantitative estimate of drug-likeness (QED) is 0.351.